The summed E-state index contributed by atoms with van der Waals surface area (Å²) in [4.78, 5) is 2.50. The van der Waals surface area contributed by atoms with Crippen LogP contribution in [0.2, 0.25) is 0 Å². The van der Waals surface area contributed by atoms with Gasteiger partial charge in [0.15, 0.2) is 0 Å². The third kappa shape index (κ3) is 3.97. The van der Waals surface area contributed by atoms with Crippen molar-refractivity contribution in [2.24, 2.45) is 0 Å². The molecule has 100 valence electrons. The van der Waals surface area contributed by atoms with Gasteiger partial charge in [-0.3, -0.25) is 4.90 Å². The third-order valence-corrected chi connectivity index (χ3v) is 3.75. The SMILES string of the molecule is CCOc1ccc(CN2CCCNCC2)cc1Br. The Hall–Kier alpha value is -0.580. The van der Waals surface area contributed by atoms with Crippen molar-refractivity contribution in [1.82, 2.24) is 10.2 Å². The molecule has 0 bridgehead atoms. The summed E-state index contributed by atoms with van der Waals surface area (Å²) in [5.41, 5.74) is 1.34. The number of rotatable bonds is 4. The Labute approximate surface area is 118 Å². The van der Waals surface area contributed by atoms with E-state index in [0.717, 1.165) is 36.4 Å². The predicted octanol–water partition coefficient (Wildman–Crippen LogP) is 2.64. The summed E-state index contributed by atoms with van der Waals surface area (Å²) in [6.07, 6.45) is 1.23. The molecule has 18 heavy (non-hydrogen) atoms. The van der Waals surface area contributed by atoms with Gasteiger partial charge < -0.3 is 10.1 Å². The molecule has 3 nitrogen and oxygen atoms in total. The molecule has 1 fully saturated rings. The molecule has 0 saturated carbocycles. The van der Waals surface area contributed by atoms with E-state index in [2.05, 4.69) is 44.3 Å². The Kier molecular flexibility index (Phi) is 5.47. The molecule has 2 rings (SSSR count). The van der Waals surface area contributed by atoms with Crippen LogP contribution in [0.1, 0.15) is 18.9 Å². The number of ether oxygens (including phenoxy) is 1. The van der Waals surface area contributed by atoms with Gasteiger partial charge in [-0.1, -0.05) is 6.07 Å². The second-order valence-electron chi connectivity index (χ2n) is 4.58. The number of nitrogens with zero attached hydrogens (tertiary/aromatic N) is 1. The highest BCUT2D eigenvalue weighted by Crippen LogP contribution is 2.26. The van der Waals surface area contributed by atoms with Crippen molar-refractivity contribution < 1.29 is 4.74 Å². The molecule has 0 amide bonds. The van der Waals surface area contributed by atoms with Gasteiger partial charge in [0, 0.05) is 19.6 Å². The van der Waals surface area contributed by atoms with Crippen LogP contribution in [0.3, 0.4) is 0 Å². The highest BCUT2D eigenvalue weighted by Gasteiger charge is 2.10. The van der Waals surface area contributed by atoms with E-state index in [-0.39, 0.29) is 0 Å². The fourth-order valence-electron chi connectivity index (χ4n) is 2.23. The summed E-state index contributed by atoms with van der Waals surface area (Å²) in [5.74, 6) is 0.929. The molecule has 0 aromatic heterocycles. The Morgan fingerprint density at radius 2 is 2.22 bits per heavy atom. The van der Waals surface area contributed by atoms with Crippen molar-refractivity contribution in [1.29, 1.82) is 0 Å². The summed E-state index contributed by atoms with van der Waals surface area (Å²) in [6, 6.07) is 6.39. The summed E-state index contributed by atoms with van der Waals surface area (Å²) in [7, 11) is 0. The van der Waals surface area contributed by atoms with E-state index in [9.17, 15) is 0 Å². The van der Waals surface area contributed by atoms with Crippen molar-refractivity contribution >= 4 is 15.9 Å². The predicted molar refractivity (Wildman–Crippen MR) is 78.1 cm³/mol. The molecule has 0 atom stereocenters. The lowest BCUT2D eigenvalue weighted by Crippen LogP contribution is -2.27. The number of benzene rings is 1. The zero-order valence-electron chi connectivity index (χ0n) is 10.9. The van der Waals surface area contributed by atoms with Gasteiger partial charge in [0.2, 0.25) is 0 Å². The van der Waals surface area contributed by atoms with Gasteiger partial charge >= 0.3 is 0 Å². The van der Waals surface area contributed by atoms with E-state index in [1.807, 2.05) is 6.92 Å². The molecule has 1 heterocycles. The molecule has 1 aliphatic heterocycles. The molecule has 0 radical (unpaired) electrons. The first-order chi connectivity index (χ1) is 8.79. The molecule has 1 aromatic rings. The van der Waals surface area contributed by atoms with Crippen molar-refractivity contribution in [2.45, 2.75) is 19.9 Å². The van der Waals surface area contributed by atoms with Crippen LogP contribution in [-0.4, -0.2) is 37.7 Å². The highest BCUT2D eigenvalue weighted by atomic mass is 79.9. The molecule has 1 saturated heterocycles. The summed E-state index contributed by atoms with van der Waals surface area (Å²) in [5, 5.41) is 3.43. The maximum atomic E-state index is 5.53. The lowest BCUT2D eigenvalue weighted by molar-refractivity contribution is 0.284. The van der Waals surface area contributed by atoms with Gasteiger partial charge in [-0.25, -0.2) is 0 Å². The normalized spacial score (nSPS) is 17.4. The van der Waals surface area contributed by atoms with Crippen LogP contribution in [0.25, 0.3) is 0 Å². The Bertz CT molecular complexity index is 376. The minimum absolute atomic E-state index is 0.704. The fraction of sp³-hybridized carbons (Fsp3) is 0.571. The number of halogens is 1. The number of hydrogen-bond acceptors (Lipinski definition) is 3. The monoisotopic (exact) mass is 312 g/mol. The molecule has 1 aromatic carbocycles. The minimum atomic E-state index is 0.704. The van der Waals surface area contributed by atoms with E-state index in [1.165, 1.54) is 18.5 Å². The zero-order valence-corrected chi connectivity index (χ0v) is 12.5. The van der Waals surface area contributed by atoms with Crippen LogP contribution >= 0.6 is 15.9 Å². The van der Waals surface area contributed by atoms with E-state index in [4.69, 9.17) is 4.74 Å². The Balaban J connectivity index is 1.98. The van der Waals surface area contributed by atoms with Crippen molar-refractivity contribution in [2.75, 3.05) is 32.8 Å². The van der Waals surface area contributed by atoms with Gasteiger partial charge in [-0.05, 0) is 60.1 Å². The molecular formula is C14H21BrN2O. The maximum absolute atomic E-state index is 5.53. The summed E-state index contributed by atoms with van der Waals surface area (Å²) >= 11 is 3.57. The topological polar surface area (TPSA) is 24.5 Å². The smallest absolute Gasteiger partial charge is 0.133 e. The average molecular weight is 313 g/mol. The van der Waals surface area contributed by atoms with Crippen LogP contribution < -0.4 is 10.1 Å². The van der Waals surface area contributed by atoms with Gasteiger partial charge in [-0.15, -0.1) is 0 Å². The largest absolute Gasteiger partial charge is 0.493 e. The first kappa shape index (κ1) is 13.8. The van der Waals surface area contributed by atoms with Crippen LogP contribution in [0.15, 0.2) is 22.7 Å². The maximum Gasteiger partial charge on any atom is 0.133 e. The van der Waals surface area contributed by atoms with Crippen LogP contribution in [-0.2, 0) is 6.54 Å². The first-order valence-electron chi connectivity index (χ1n) is 6.64. The summed E-state index contributed by atoms with van der Waals surface area (Å²) < 4.78 is 6.58. The van der Waals surface area contributed by atoms with Gasteiger partial charge in [0.1, 0.15) is 5.75 Å². The number of nitrogens with one attached hydrogen (secondary N) is 1. The average Bonchev–Trinajstić information content (AvgIpc) is 2.61. The standard InChI is InChI=1S/C14H21BrN2O/c1-2-18-14-5-4-12(10-13(14)15)11-17-8-3-6-16-7-9-17/h4-5,10,16H,2-3,6-9,11H2,1H3. The Morgan fingerprint density at radius 3 is 3.00 bits per heavy atom. The van der Waals surface area contributed by atoms with Gasteiger partial charge in [0.05, 0.1) is 11.1 Å². The quantitative estimate of drug-likeness (QED) is 0.925. The molecule has 4 heteroatoms. The molecular weight excluding hydrogens is 292 g/mol. The van der Waals surface area contributed by atoms with E-state index >= 15 is 0 Å². The van der Waals surface area contributed by atoms with Crippen LogP contribution in [0, 0.1) is 0 Å². The number of hydrogen-bond donors (Lipinski definition) is 1. The van der Waals surface area contributed by atoms with Crippen molar-refractivity contribution in [3.8, 4) is 5.75 Å². The van der Waals surface area contributed by atoms with E-state index in [0.29, 0.717) is 6.61 Å². The highest BCUT2D eigenvalue weighted by molar-refractivity contribution is 9.10. The molecule has 0 aliphatic carbocycles. The van der Waals surface area contributed by atoms with Crippen LogP contribution in [0.4, 0.5) is 0 Å². The van der Waals surface area contributed by atoms with E-state index in [1.54, 1.807) is 0 Å². The summed E-state index contributed by atoms with van der Waals surface area (Å²) in [6.45, 7) is 8.28. The zero-order chi connectivity index (χ0) is 12.8. The lowest BCUT2D eigenvalue weighted by Gasteiger charge is -2.19. The Morgan fingerprint density at radius 1 is 1.33 bits per heavy atom. The van der Waals surface area contributed by atoms with E-state index < -0.39 is 0 Å². The van der Waals surface area contributed by atoms with Gasteiger partial charge in [0.25, 0.3) is 0 Å². The molecule has 0 spiro atoms. The second-order valence-corrected chi connectivity index (χ2v) is 5.43. The minimum Gasteiger partial charge on any atom is -0.493 e. The first-order valence-corrected chi connectivity index (χ1v) is 7.43. The molecule has 1 aliphatic rings. The molecule has 0 unspecified atom stereocenters. The third-order valence-electron chi connectivity index (χ3n) is 3.14. The molecule has 1 N–H and O–H groups in total. The van der Waals surface area contributed by atoms with Crippen LogP contribution in [0.5, 0.6) is 5.75 Å². The van der Waals surface area contributed by atoms with Crippen molar-refractivity contribution in [3.63, 3.8) is 0 Å². The van der Waals surface area contributed by atoms with Gasteiger partial charge in [-0.2, -0.15) is 0 Å². The lowest BCUT2D eigenvalue weighted by atomic mass is 10.2. The fourth-order valence-corrected chi connectivity index (χ4v) is 2.77. The van der Waals surface area contributed by atoms with Crippen molar-refractivity contribution in [3.05, 3.63) is 28.2 Å². The second kappa shape index (κ2) is 7.12.